The fraction of sp³-hybridized carbons (Fsp3) is 0.500. The highest BCUT2D eigenvalue weighted by Gasteiger charge is 2.47. The third-order valence-corrected chi connectivity index (χ3v) is 5.29. The highest BCUT2D eigenvalue weighted by Crippen LogP contribution is 2.48. The molecule has 2 heterocycles. The topological polar surface area (TPSA) is 59.9 Å². The number of H-pyrrole nitrogens is 1. The molecule has 0 spiro atoms. The van der Waals surface area contributed by atoms with E-state index in [1.807, 2.05) is 11.0 Å². The molecule has 1 saturated carbocycles. The Morgan fingerprint density at radius 2 is 1.90 bits per heavy atom. The molecular weight excluding hydrogens is 250 g/mol. The van der Waals surface area contributed by atoms with Crippen molar-refractivity contribution in [2.75, 3.05) is 13.1 Å². The van der Waals surface area contributed by atoms with Crippen molar-refractivity contribution in [3.63, 3.8) is 0 Å². The van der Waals surface area contributed by atoms with Crippen LogP contribution >= 0.6 is 0 Å². The van der Waals surface area contributed by atoms with Gasteiger partial charge in [-0.3, -0.25) is 4.79 Å². The second-order valence-electron chi connectivity index (χ2n) is 6.24. The SMILES string of the molecule is N#Cc1cc(C(=O)N2CC3C4C=CC(CC4)C3C2)c[nH]1. The fourth-order valence-electron chi connectivity index (χ4n) is 4.27. The second-order valence-corrected chi connectivity index (χ2v) is 6.24. The first-order valence-corrected chi connectivity index (χ1v) is 7.32. The number of allylic oxidation sites excluding steroid dienone is 2. The number of nitrogens with one attached hydrogen (secondary N) is 1. The number of likely N-dealkylation sites (tertiary alicyclic amines) is 1. The third-order valence-electron chi connectivity index (χ3n) is 5.29. The van der Waals surface area contributed by atoms with Gasteiger partial charge >= 0.3 is 0 Å². The lowest BCUT2D eigenvalue weighted by atomic mass is 9.64. The van der Waals surface area contributed by atoms with Crippen LogP contribution in [0.25, 0.3) is 0 Å². The van der Waals surface area contributed by atoms with Crippen LogP contribution in [0.1, 0.15) is 28.9 Å². The standard InChI is InChI=1S/C16H17N3O/c17-6-13-5-12(7-18-13)16(20)19-8-14-10-1-2-11(4-3-10)15(14)9-19/h1-2,5,7,10-11,14-15,18H,3-4,8-9H2. The minimum atomic E-state index is 0.0663. The quantitative estimate of drug-likeness (QED) is 0.793. The van der Waals surface area contributed by atoms with E-state index in [0.717, 1.165) is 13.1 Å². The number of hydrogen-bond acceptors (Lipinski definition) is 2. The maximum absolute atomic E-state index is 12.5. The number of amides is 1. The Labute approximate surface area is 118 Å². The van der Waals surface area contributed by atoms with Crippen molar-refractivity contribution in [3.8, 4) is 6.07 Å². The van der Waals surface area contributed by atoms with Crippen LogP contribution in [-0.4, -0.2) is 28.9 Å². The highest BCUT2D eigenvalue weighted by molar-refractivity contribution is 5.94. The van der Waals surface area contributed by atoms with Crippen LogP contribution in [0.4, 0.5) is 0 Å². The number of aromatic nitrogens is 1. The highest BCUT2D eigenvalue weighted by atomic mass is 16.2. The number of nitrogens with zero attached hydrogens (tertiary/aromatic N) is 2. The molecule has 1 amide bonds. The van der Waals surface area contributed by atoms with E-state index in [9.17, 15) is 4.79 Å². The van der Waals surface area contributed by atoms with Crippen molar-refractivity contribution in [2.45, 2.75) is 12.8 Å². The van der Waals surface area contributed by atoms with Crippen molar-refractivity contribution in [1.29, 1.82) is 5.26 Å². The summed E-state index contributed by atoms with van der Waals surface area (Å²) in [4.78, 5) is 17.3. The molecule has 1 aliphatic heterocycles. The summed E-state index contributed by atoms with van der Waals surface area (Å²) in [6.07, 6.45) is 8.96. The van der Waals surface area contributed by atoms with Gasteiger partial charge in [-0.1, -0.05) is 12.2 Å². The van der Waals surface area contributed by atoms with E-state index in [1.165, 1.54) is 12.8 Å². The Kier molecular flexibility index (Phi) is 2.50. The number of rotatable bonds is 1. The van der Waals surface area contributed by atoms with Gasteiger partial charge in [-0.15, -0.1) is 0 Å². The average molecular weight is 267 g/mol. The van der Waals surface area contributed by atoms with Gasteiger partial charge in [-0.25, -0.2) is 0 Å². The van der Waals surface area contributed by atoms with E-state index in [1.54, 1.807) is 12.3 Å². The summed E-state index contributed by atoms with van der Waals surface area (Å²) in [5.74, 6) is 2.71. The number of nitriles is 1. The van der Waals surface area contributed by atoms with Crippen molar-refractivity contribution in [3.05, 3.63) is 35.7 Å². The molecule has 4 heteroatoms. The maximum Gasteiger partial charge on any atom is 0.255 e. The maximum atomic E-state index is 12.5. The van der Waals surface area contributed by atoms with Crippen molar-refractivity contribution in [1.82, 2.24) is 9.88 Å². The Hall–Kier alpha value is -2.02. The number of carbonyl (C=O) groups excluding carboxylic acids is 1. The zero-order chi connectivity index (χ0) is 13.7. The summed E-state index contributed by atoms with van der Waals surface area (Å²) in [6.45, 7) is 1.75. The van der Waals surface area contributed by atoms with Gasteiger partial charge in [0.25, 0.3) is 5.91 Å². The molecule has 1 aromatic rings. The van der Waals surface area contributed by atoms with Crippen molar-refractivity contribution in [2.24, 2.45) is 23.7 Å². The van der Waals surface area contributed by atoms with E-state index < -0.39 is 0 Å². The molecule has 2 bridgehead atoms. The van der Waals surface area contributed by atoms with Gasteiger partial charge in [0, 0.05) is 19.3 Å². The zero-order valence-corrected chi connectivity index (χ0v) is 11.2. The molecule has 20 heavy (non-hydrogen) atoms. The predicted molar refractivity (Wildman–Crippen MR) is 73.7 cm³/mol. The molecule has 4 aliphatic rings. The molecule has 4 atom stereocenters. The first kappa shape index (κ1) is 11.8. The fourth-order valence-corrected chi connectivity index (χ4v) is 4.27. The van der Waals surface area contributed by atoms with Crippen LogP contribution in [0.15, 0.2) is 24.4 Å². The van der Waals surface area contributed by atoms with E-state index >= 15 is 0 Å². The van der Waals surface area contributed by atoms with E-state index in [4.69, 9.17) is 5.26 Å². The van der Waals surface area contributed by atoms with Gasteiger partial charge in [0.05, 0.1) is 5.56 Å². The Morgan fingerprint density at radius 3 is 2.40 bits per heavy atom. The van der Waals surface area contributed by atoms with Crippen LogP contribution in [0, 0.1) is 35.0 Å². The van der Waals surface area contributed by atoms with Gasteiger partial charge in [0.1, 0.15) is 11.8 Å². The third kappa shape index (κ3) is 1.62. The minimum Gasteiger partial charge on any atom is -0.352 e. The molecule has 0 aromatic carbocycles. The molecule has 5 rings (SSSR count). The number of hydrogen-bond donors (Lipinski definition) is 1. The largest absolute Gasteiger partial charge is 0.352 e. The van der Waals surface area contributed by atoms with E-state index in [-0.39, 0.29) is 5.91 Å². The molecule has 3 aliphatic carbocycles. The summed E-state index contributed by atoms with van der Waals surface area (Å²) in [5.41, 5.74) is 1.06. The summed E-state index contributed by atoms with van der Waals surface area (Å²) in [6, 6.07) is 3.68. The number of aromatic amines is 1. The summed E-state index contributed by atoms with van der Waals surface area (Å²) in [7, 11) is 0. The monoisotopic (exact) mass is 267 g/mol. The van der Waals surface area contributed by atoms with Crippen LogP contribution in [0.3, 0.4) is 0 Å². The van der Waals surface area contributed by atoms with Crippen LogP contribution in [0.5, 0.6) is 0 Å². The van der Waals surface area contributed by atoms with Crippen LogP contribution < -0.4 is 0 Å². The molecule has 2 fully saturated rings. The molecule has 4 unspecified atom stereocenters. The molecule has 102 valence electrons. The Morgan fingerprint density at radius 1 is 1.25 bits per heavy atom. The summed E-state index contributed by atoms with van der Waals surface area (Å²) in [5, 5.41) is 8.83. The van der Waals surface area contributed by atoms with Gasteiger partial charge < -0.3 is 9.88 Å². The van der Waals surface area contributed by atoms with E-state index in [2.05, 4.69) is 17.1 Å². The molecule has 1 N–H and O–H groups in total. The van der Waals surface area contributed by atoms with Crippen molar-refractivity contribution >= 4 is 5.91 Å². The lowest BCUT2D eigenvalue weighted by Gasteiger charge is -2.40. The predicted octanol–water partition coefficient (Wildman–Crippen LogP) is 2.17. The normalized spacial score (nSPS) is 34.0. The van der Waals surface area contributed by atoms with Gasteiger partial charge in [-0.2, -0.15) is 5.26 Å². The Bertz CT molecular complexity index is 602. The molecule has 1 aromatic heterocycles. The summed E-state index contributed by atoms with van der Waals surface area (Å²) < 4.78 is 0. The lowest BCUT2D eigenvalue weighted by Crippen LogP contribution is -2.35. The molecule has 4 nitrogen and oxygen atoms in total. The van der Waals surface area contributed by atoms with Gasteiger partial charge in [0.15, 0.2) is 0 Å². The molecule has 0 radical (unpaired) electrons. The average Bonchev–Trinajstić information content (AvgIpc) is 3.15. The lowest BCUT2D eigenvalue weighted by molar-refractivity contribution is 0.0782. The molecule has 1 saturated heterocycles. The zero-order valence-electron chi connectivity index (χ0n) is 11.2. The number of fused-ring (bicyclic) bond motifs is 1. The van der Waals surface area contributed by atoms with Gasteiger partial charge in [0.2, 0.25) is 0 Å². The second kappa shape index (κ2) is 4.24. The van der Waals surface area contributed by atoms with Crippen LogP contribution in [-0.2, 0) is 0 Å². The van der Waals surface area contributed by atoms with E-state index in [0.29, 0.717) is 34.9 Å². The molecular formula is C16H17N3O. The van der Waals surface area contributed by atoms with Crippen LogP contribution in [0.2, 0.25) is 0 Å². The summed E-state index contributed by atoms with van der Waals surface area (Å²) >= 11 is 0. The van der Waals surface area contributed by atoms with Crippen molar-refractivity contribution < 1.29 is 4.79 Å². The first-order chi connectivity index (χ1) is 9.76. The first-order valence-electron chi connectivity index (χ1n) is 7.32. The minimum absolute atomic E-state index is 0.0663. The Balaban J connectivity index is 1.54. The number of carbonyl (C=O) groups is 1. The van der Waals surface area contributed by atoms with Gasteiger partial charge in [-0.05, 0) is 42.6 Å². The smallest absolute Gasteiger partial charge is 0.255 e.